The molecule has 0 aromatic rings. The zero-order valence-electron chi connectivity index (χ0n) is 7.42. The van der Waals surface area contributed by atoms with Crippen LogP contribution >= 0.6 is 0 Å². The second-order valence-corrected chi connectivity index (χ2v) is 3.46. The molecule has 2 unspecified atom stereocenters. The maximum atomic E-state index is 9.40. The van der Waals surface area contributed by atoms with Gasteiger partial charge in [-0.3, -0.25) is 0 Å². The van der Waals surface area contributed by atoms with Crippen LogP contribution in [0.4, 0.5) is 0 Å². The number of aliphatic hydroxyl groups is 1. The normalized spacial score (nSPS) is 35.2. The monoisotopic (exact) mass is 158 g/mol. The third-order valence-electron chi connectivity index (χ3n) is 2.68. The van der Waals surface area contributed by atoms with Crippen LogP contribution < -0.4 is 0 Å². The van der Waals surface area contributed by atoms with Crippen LogP contribution in [0.3, 0.4) is 0 Å². The first kappa shape index (κ1) is 9.01. The molecule has 11 heavy (non-hydrogen) atoms. The largest absolute Gasteiger partial charge is 0.393 e. The van der Waals surface area contributed by atoms with Gasteiger partial charge < -0.3 is 9.84 Å². The van der Waals surface area contributed by atoms with E-state index in [0.29, 0.717) is 12.0 Å². The minimum atomic E-state index is -0.208. The van der Waals surface area contributed by atoms with Gasteiger partial charge in [-0.2, -0.15) is 0 Å². The molecule has 0 saturated heterocycles. The lowest BCUT2D eigenvalue weighted by atomic mass is 9.83. The molecule has 0 aromatic carbocycles. The fourth-order valence-corrected chi connectivity index (χ4v) is 1.97. The number of aliphatic hydroxyl groups excluding tert-OH is 1. The Kier molecular flexibility index (Phi) is 3.34. The molecule has 1 N–H and O–H groups in total. The van der Waals surface area contributed by atoms with Crippen molar-refractivity contribution in [3.63, 3.8) is 0 Å². The van der Waals surface area contributed by atoms with E-state index in [1.807, 2.05) is 6.92 Å². The summed E-state index contributed by atoms with van der Waals surface area (Å²) in [4.78, 5) is 0. The van der Waals surface area contributed by atoms with Crippen LogP contribution in [0.2, 0.25) is 0 Å². The fraction of sp³-hybridized carbons (Fsp3) is 1.00. The van der Waals surface area contributed by atoms with E-state index in [4.69, 9.17) is 4.74 Å². The van der Waals surface area contributed by atoms with E-state index in [9.17, 15) is 5.11 Å². The van der Waals surface area contributed by atoms with Gasteiger partial charge in [0.15, 0.2) is 0 Å². The van der Waals surface area contributed by atoms with Crippen LogP contribution in [0.1, 0.15) is 32.6 Å². The van der Waals surface area contributed by atoms with E-state index in [1.165, 1.54) is 12.8 Å². The summed E-state index contributed by atoms with van der Waals surface area (Å²) in [6, 6.07) is 0. The molecule has 0 aliphatic heterocycles. The summed E-state index contributed by atoms with van der Waals surface area (Å²) >= 11 is 0. The van der Waals surface area contributed by atoms with Gasteiger partial charge in [0.05, 0.1) is 12.2 Å². The molecule has 1 aliphatic rings. The van der Waals surface area contributed by atoms with Crippen molar-refractivity contribution in [2.45, 2.75) is 44.8 Å². The van der Waals surface area contributed by atoms with E-state index < -0.39 is 0 Å². The Hall–Kier alpha value is -0.0800. The molecule has 0 bridgehead atoms. The topological polar surface area (TPSA) is 29.5 Å². The predicted octanol–water partition coefficient (Wildman–Crippen LogP) is 1.57. The second-order valence-electron chi connectivity index (χ2n) is 3.46. The van der Waals surface area contributed by atoms with Crippen molar-refractivity contribution in [3.8, 4) is 0 Å². The summed E-state index contributed by atoms with van der Waals surface area (Å²) in [6.45, 7) is 1.86. The Morgan fingerprint density at radius 1 is 1.36 bits per heavy atom. The molecule has 0 heterocycles. The minimum Gasteiger partial charge on any atom is -0.393 e. The molecule has 0 amide bonds. The molecular formula is C9H18O2. The van der Waals surface area contributed by atoms with Gasteiger partial charge in [0.1, 0.15) is 0 Å². The van der Waals surface area contributed by atoms with Crippen molar-refractivity contribution in [2.75, 3.05) is 7.11 Å². The number of ether oxygens (including phenoxy) is 1. The molecule has 2 heteroatoms. The number of hydrogen-bond acceptors (Lipinski definition) is 2. The Labute approximate surface area is 68.6 Å². The molecule has 1 fully saturated rings. The predicted molar refractivity (Wildman–Crippen MR) is 44.4 cm³/mol. The second kappa shape index (κ2) is 4.07. The maximum Gasteiger partial charge on any atom is 0.0624 e. The summed E-state index contributed by atoms with van der Waals surface area (Å²) < 4.78 is 5.31. The summed E-state index contributed by atoms with van der Waals surface area (Å²) in [7, 11) is 1.74. The quantitative estimate of drug-likeness (QED) is 0.661. The van der Waals surface area contributed by atoms with E-state index in [0.717, 1.165) is 12.8 Å². The van der Waals surface area contributed by atoms with Gasteiger partial charge >= 0.3 is 0 Å². The first-order valence-electron chi connectivity index (χ1n) is 4.46. The zero-order chi connectivity index (χ0) is 8.27. The van der Waals surface area contributed by atoms with Gasteiger partial charge in [0, 0.05) is 13.0 Å². The lowest BCUT2D eigenvalue weighted by molar-refractivity contribution is -0.0300. The van der Waals surface area contributed by atoms with Crippen LogP contribution in [0, 0.1) is 5.92 Å². The Balaban J connectivity index is 2.44. The number of hydrogen-bond donors (Lipinski definition) is 1. The molecule has 0 spiro atoms. The van der Waals surface area contributed by atoms with E-state index in [1.54, 1.807) is 7.11 Å². The van der Waals surface area contributed by atoms with Crippen molar-refractivity contribution < 1.29 is 9.84 Å². The highest BCUT2D eigenvalue weighted by Crippen LogP contribution is 2.28. The molecule has 1 aliphatic carbocycles. The van der Waals surface area contributed by atoms with Gasteiger partial charge in [-0.25, -0.2) is 0 Å². The van der Waals surface area contributed by atoms with Crippen LogP contribution in [-0.4, -0.2) is 24.4 Å². The summed E-state index contributed by atoms with van der Waals surface area (Å²) in [6.07, 6.45) is 4.82. The first-order chi connectivity index (χ1) is 5.25. The molecule has 66 valence electrons. The van der Waals surface area contributed by atoms with Gasteiger partial charge in [-0.1, -0.05) is 12.8 Å². The molecule has 1 rings (SSSR count). The zero-order valence-corrected chi connectivity index (χ0v) is 7.42. The highest BCUT2D eigenvalue weighted by Gasteiger charge is 2.28. The van der Waals surface area contributed by atoms with Crippen molar-refractivity contribution in [3.05, 3.63) is 0 Å². The van der Waals surface area contributed by atoms with Crippen LogP contribution in [0.15, 0.2) is 0 Å². The molecular weight excluding hydrogens is 140 g/mol. The van der Waals surface area contributed by atoms with Gasteiger partial charge in [-0.05, 0) is 19.8 Å². The third-order valence-corrected chi connectivity index (χ3v) is 2.68. The molecule has 3 atom stereocenters. The van der Waals surface area contributed by atoms with Gasteiger partial charge in [0.2, 0.25) is 0 Å². The number of rotatable bonds is 2. The maximum absolute atomic E-state index is 9.40. The molecule has 0 aromatic heterocycles. The first-order valence-corrected chi connectivity index (χ1v) is 4.46. The molecule has 0 radical (unpaired) electrons. The Morgan fingerprint density at radius 2 is 2.00 bits per heavy atom. The summed E-state index contributed by atoms with van der Waals surface area (Å²) in [5, 5.41) is 9.40. The highest BCUT2D eigenvalue weighted by atomic mass is 16.5. The molecule has 1 saturated carbocycles. The summed E-state index contributed by atoms with van der Waals surface area (Å²) in [5.41, 5.74) is 0. The van der Waals surface area contributed by atoms with E-state index in [-0.39, 0.29) is 6.10 Å². The van der Waals surface area contributed by atoms with Crippen molar-refractivity contribution in [1.29, 1.82) is 0 Å². The van der Waals surface area contributed by atoms with Crippen molar-refractivity contribution >= 4 is 0 Å². The Bertz CT molecular complexity index is 112. The Morgan fingerprint density at radius 3 is 2.45 bits per heavy atom. The minimum absolute atomic E-state index is 0.208. The highest BCUT2D eigenvalue weighted by molar-refractivity contribution is 4.78. The van der Waals surface area contributed by atoms with Crippen LogP contribution in [-0.2, 0) is 4.74 Å². The van der Waals surface area contributed by atoms with Gasteiger partial charge in [-0.15, -0.1) is 0 Å². The number of methoxy groups -OCH3 is 1. The summed E-state index contributed by atoms with van der Waals surface area (Å²) in [5.74, 6) is 0.369. The standard InChI is InChI=1S/C9H18O2/c1-7(10)8-5-3-4-6-9(8)11-2/h7-10H,3-6H2,1-2H3/t7?,8?,9-/m0/s1. The van der Waals surface area contributed by atoms with Crippen molar-refractivity contribution in [2.24, 2.45) is 5.92 Å². The van der Waals surface area contributed by atoms with E-state index in [2.05, 4.69) is 0 Å². The van der Waals surface area contributed by atoms with E-state index >= 15 is 0 Å². The van der Waals surface area contributed by atoms with Gasteiger partial charge in [0.25, 0.3) is 0 Å². The lowest BCUT2D eigenvalue weighted by Gasteiger charge is -2.32. The van der Waals surface area contributed by atoms with Crippen LogP contribution in [0.5, 0.6) is 0 Å². The lowest BCUT2D eigenvalue weighted by Crippen LogP contribution is -2.34. The third kappa shape index (κ3) is 2.17. The average Bonchev–Trinajstić information content (AvgIpc) is 2.04. The smallest absolute Gasteiger partial charge is 0.0624 e. The molecule has 2 nitrogen and oxygen atoms in total. The van der Waals surface area contributed by atoms with Crippen LogP contribution in [0.25, 0.3) is 0 Å². The fourth-order valence-electron chi connectivity index (χ4n) is 1.97. The average molecular weight is 158 g/mol. The SMILES string of the molecule is CO[C@H]1CCCCC1C(C)O. The van der Waals surface area contributed by atoms with Crippen molar-refractivity contribution in [1.82, 2.24) is 0 Å².